The molecule has 0 aromatic heterocycles. The molecule has 0 radical (unpaired) electrons. The van der Waals surface area contributed by atoms with Crippen LogP contribution in [-0.4, -0.2) is 20.0 Å². The minimum atomic E-state index is 0.236. The number of hydrogen-bond donors (Lipinski definition) is 0. The molecule has 0 atom stereocenters. The van der Waals surface area contributed by atoms with E-state index in [0.717, 1.165) is 11.1 Å². The van der Waals surface area contributed by atoms with Gasteiger partial charge in [-0.1, -0.05) is 38.5 Å². The molecule has 1 aromatic carbocycles. The van der Waals surface area contributed by atoms with Crippen molar-refractivity contribution >= 4 is 5.78 Å². The summed E-state index contributed by atoms with van der Waals surface area (Å²) in [7, 11) is 3.22. The molecule has 0 amide bonds. The molecule has 1 fully saturated rings. The van der Waals surface area contributed by atoms with E-state index < -0.39 is 0 Å². The number of ether oxygens (including phenoxy) is 2. The third-order valence-electron chi connectivity index (χ3n) is 4.48. The first-order chi connectivity index (χ1) is 10.2. The molecule has 0 heterocycles. The lowest BCUT2D eigenvalue weighted by Crippen LogP contribution is -2.10. The Balaban J connectivity index is 2.14. The lowest BCUT2D eigenvalue weighted by Gasteiger charge is -2.15. The van der Waals surface area contributed by atoms with Crippen molar-refractivity contribution in [1.82, 2.24) is 0 Å². The second kappa shape index (κ2) is 7.48. The molecule has 21 heavy (non-hydrogen) atoms. The predicted molar refractivity (Wildman–Crippen MR) is 84.4 cm³/mol. The molecular formula is C18H26O3. The van der Waals surface area contributed by atoms with E-state index in [9.17, 15) is 4.79 Å². The highest BCUT2D eigenvalue weighted by Gasteiger charge is 2.20. The molecule has 1 saturated carbocycles. The van der Waals surface area contributed by atoms with Crippen molar-refractivity contribution in [2.45, 2.75) is 51.9 Å². The van der Waals surface area contributed by atoms with Crippen LogP contribution in [0, 0.1) is 12.8 Å². The maximum atomic E-state index is 12.6. The van der Waals surface area contributed by atoms with Crippen LogP contribution in [0.5, 0.6) is 11.5 Å². The Morgan fingerprint density at radius 3 is 2.19 bits per heavy atom. The number of methoxy groups -OCH3 is 2. The quantitative estimate of drug-likeness (QED) is 0.589. The summed E-state index contributed by atoms with van der Waals surface area (Å²) in [6, 6.07) is 3.71. The molecule has 0 unspecified atom stereocenters. The molecule has 0 saturated heterocycles. The van der Waals surface area contributed by atoms with Crippen LogP contribution < -0.4 is 9.47 Å². The maximum absolute atomic E-state index is 12.6. The molecule has 116 valence electrons. The topological polar surface area (TPSA) is 35.5 Å². The second-order valence-corrected chi connectivity index (χ2v) is 6.01. The molecule has 0 spiro atoms. The van der Waals surface area contributed by atoms with Gasteiger partial charge in [-0.25, -0.2) is 0 Å². The molecule has 3 nitrogen and oxygen atoms in total. The zero-order valence-electron chi connectivity index (χ0n) is 13.4. The van der Waals surface area contributed by atoms with E-state index in [2.05, 4.69) is 0 Å². The van der Waals surface area contributed by atoms with Crippen molar-refractivity contribution in [1.29, 1.82) is 0 Å². The highest BCUT2D eigenvalue weighted by Crippen LogP contribution is 2.32. The summed E-state index contributed by atoms with van der Waals surface area (Å²) in [6.07, 6.45) is 8.22. The summed E-state index contributed by atoms with van der Waals surface area (Å²) in [5.41, 5.74) is 1.74. The average Bonchev–Trinajstić information content (AvgIpc) is 2.75. The van der Waals surface area contributed by atoms with Gasteiger partial charge >= 0.3 is 0 Å². The fourth-order valence-corrected chi connectivity index (χ4v) is 3.22. The van der Waals surface area contributed by atoms with Gasteiger partial charge in [0.15, 0.2) is 17.3 Å². The fourth-order valence-electron chi connectivity index (χ4n) is 3.22. The second-order valence-electron chi connectivity index (χ2n) is 6.01. The number of Topliss-reactive ketones (excluding diaryl/α,β-unsaturated/α-hetero) is 1. The third-order valence-corrected chi connectivity index (χ3v) is 4.48. The van der Waals surface area contributed by atoms with E-state index in [0.29, 0.717) is 23.8 Å². The van der Waals surface area contributed by atoms with E-state index in [1.54, 1.807) is 14.2 Å². The number of carbonyl (C=O) groups excluding carboxylic acids is 1. The Morgan fingerprint density at radius 2 is 1.62 bits per heavy atom. The number of aryl methyl sites for hydroxylation is 1. The number of carbonyl (C=O) groups is 1. The molecule has 1 aliphatic carbocycles. The number of benzene rings is 1. The normalized spacial score (nSPS) is 16.3. The van der Waals surface area contributed by atoms with Crippen LogP contribution in [-0.2, 0) is 0 Å². The van der Waals surface area contributed by atoms with Crippen molar-refractivity contribution < 1.29 is 14.3 Å². The molecule has 1 aromatic rings. The number of hydrogen-bond acceptors (Lipinski definition) is 3. The van der Waals surface area contributed by atoms with E-state index in [1.165, 1.54) is 38.5 Å². The van der Waals surface area contributed by atoms with Crippen LogP contribution in [0.15, 0.2) is 12.1 Å². The molecule has 1 aliphatic rings. The van der Waals surface area contributed by atoms with Gasteiger partial charge in [-0.05, 0) is 30.5 Å². The van der Waals surface area contributed by atoms with Crippen LogP contribution in [0.25, 0.3) is 0 Å². The first-order valence-electron chi connectivity index (χ1n) is 7.91. The number of ketones is 1. The minimum Gasteiger partial charge on any atom is -0.493 e. The largest absolute Gasteiger partial charge is 0.493 e. The molecule has 3 heteroatoms. The lowest BCUT2D eigenvalue weighted by atomic mass is 9.90. The molecule has 0 N–H and O–H groups in total. The Morgan fingerprint density at radius 1 is 1.05 bits per heavy atom. The summed E-state index contributed by atoms with van der Waals surface area (Å²) in [5.74, 6) is 2.10. The molecule has 2 rings (SSSR count). The van der Waals surface area contributed by atoms with E-state index >= 15 is 0 Å². The van der Waals surface area contributed by atoms with Crippen molar-refractivity contribution in [3.05, 3.63) is 23.3 Å². The third kappa shape index (κ3) is 3.99. The smallest absolute Gasteiger partial charge is 0.163 e. The first-order valence-corrected chi connectivity index (χ1v) is 7.91. The standard InChI is InChI=1S/C18H26O3/c1-13-10-17(20-2)18(21-3)12-15(13)16(19)11-14-8-6-4-5-7-9-14/h10,12,14H,4-9,11H2,1-3H3. The predicted octanol–water partition coefficient (Wildman–Crippen LogP) is 4.56. The summed E-state index contributed by atoms with van der Waals surface area (Å²) in [4.78, 5) is 12.6. The lowest BCUT2D eigenvalue weighted by molar-refractivity contribution is 0.0956. The van der Waals surface area contributed by atoms with Crippen molar-refractivity contribution in [2.75, 3.05) is 14.2 Å². The Hall–Kier alpha value is -1.51. The van der Waals surface area contributed by atoms with Gasteiger partial charge < -0.3 is 9.47 Å². The zero-order chi connectivity index (χ0) is 15.2. The van der Waals surface area contributed by atoms with Gasteiger partial charge in [0.2, 0.25) is 0 Å². The van der Waals surface area contributed by atoms with Crippen LogP contribution in [0.4, 0.5) is 0 Å². The van der Waals surface area contributed by atoms with Gasteiger partial charge in [-0.15, -0.1) is 0 Å². The van der Waals surface area contributed by atoms with Crippen molar-refractivity contribution in [2.24, 2.45) is 5.92 Å². The van der Waals surface area contributed by atoms with Crippen LogP contribution in [0.3, 0.4) is 0 Å². The summed E-state index contributed by atoms with van der Waals surface area (Å²) >= 11 is 0. The molecular weight excluding hydrogens is 264 g/mol. The SMILES string of the molecule is COc1cc(C)c(C(=O)CC2CCCCCC2)cc1OC. The summed E-state index contributed by atoms with van der Waals surface area (Å²) < 4.78 is 10.6. The van der Waals surface area contributed by atoms with Crippen LogP contribution in [0.2, 0.25) is 0 Å². The van der Waals surface area contributed by atoms with Gasteiger partial charge in [-0.2, -0.15) is 0 Å². The monoisotopic (exact) mass is 290 g/mol. The van der Waals surface area contributed by atoms with Gasteiger partial charge in [-0.3, -0.25) is 4.79 Å². The first kappa shape index (κ1) is 15.9. The molecule has 0 bridgehead atoms. The minimum absolute atomic E-state index is 0.236. The maximum Gasteiger partial charge on any atom is 0.163 e. The Labute approximate surface area is 127 Å². The summed E-state index contributed by atoms with van der Waals surface area (Å²) in [6.45, 7) is 1.96. The van der Waals surface area contributed by atoms with Crippen molar-refractivity contribution in [3.63, 3.8) is 0 Å². The van der Waals surface area contributed by atoms with E-state index in [4.69, 9.17) is 9.47 Å². The van der Waals surface area contributed by atoms with Gasteiger partial charge in [0, 0.05) is 12.0 Å². The summed E-state index contributed by atoms with van der Waals surface area (Å²) in [5, 5.41) is 0. The number of rotatable bonds is 5. The molecule has 0 aliphatic heterocycles. The van der Waals surface area contributed by atoms with Crippen LogP contribution in [0.1, 0.15) is 60.9 Å². The van der Waals surface area contributed by atoms with Gasteiger partial charge in [0.25, 0.3) is 0 Å². The Bertz CT molecular complexity index is 485. The zero-order valence-corrected chi connectivity index (χ0v) is 13.4. The highest BCUT2D eigenvalue weighted by atomic mass is 16.5. The van der Waals surface area contributed by atoms with Gasteiger partial charge in [0.1, 0.15) is 0 Å². The van der Waals surface area contributed by atoms with E-state index in [1.807, 2.05) is 19.1 Å². The van der Waals surface area contributed by atoms with E-state index in [-0.39, 0.29) is 5.78 Å². The average molecular weight is 290 g/mol. The fraction of sp³-hybridized carbons (Fsp3) is 0.611. The highest BCUT2D eigenvalue weighted by molar-refractivity contribution is 5.98. The Kier molecular flexibility index (Phi) is 5.66. The van der Waals surface area contributed by atoms with Gasteiger partial charge in [0.05, 0.1) is 14.2 Å². The van der Waals surface area contributed by atoms with Crippen LogP contribution >= 0.6 is 0 Å². The van der Waals surface area contributed by atoms with Crippen molar-refractivity contribution in [3.8, 4) is 11.5 Å².